The first kappa shape index (κ1) is 22.7. The van der Waals surface area contributed by atoms with Gasteiger partial charge in [0.15, 0.2) is 6.10 Å². The lowest BCUT2D eigenvalue weighted by atomic mass is 9.71. The molecule has 1 aliphatic heterocycles. The number of nitrogens with zero attached hydrogens (tertiary/aromatic N) is 1. The van der Waals surface area contributed by atoms with E-state index in [0.717, 1.165) is 27.8 Å². The van der Waals surface area contributed by atoms with Crippen LogP contribution in [0, 0.1) is 13.8 Å². The number of aliphatic hydroxyl groups is 1. The second kappa shape index (κ2) is 8.45. The van der Waals surface area contributed by atoms with Crippen molar-refractivity contribution < 1.29 is 18.3 Å². The molecule has 6 heteroatoms. The molecule has 0 aromatic heterocycles. The van der Waals surface area contributed by atoms with Gasteiger partial charge >= 0.3 is 6.18 Å². The smallest absolute Gasteiger partial charge is 0.382 e. The maximum absolute atomic E-state index is 13.2. The Balaban J connectivity index is 1.86. The summed E-state index contributed by atoms with van der Waals surface area (Å²) >= 11 is 6.49. The highest BCUT2D eigenvalue weighted by Crippen LogP contribution is 2.48. The molecular formula is C26H25ClF3NO. The molecular weight excluding hydrogens is 435 g/mol. The molecule has 2 nitrogen and oxygen atoms in total. The predicted molar refractivity (Wildman–Crippen MR) is 123 cm³/mol. The number of rotatable bonds is 5. The summed E-state index contributed by atoms with van der Waals surface area (Å²) in [5, 5.41) is 10.5. The van der Waals surface area contributed by atoms with Gasteiger partial charge in [0.25, 0.3) is 0 Å². The summed E-state index contributed by atoms with van der Waals surface area (Å²) in [6.45, 7) is 3.74. The van der Waals surface area contributed by atoms with E-state index in [9.17, 15) is 18.3 Å². The van der Waals surface area contributed by atoms with Crippen LogP contribution in [0.1, 0.15) is 27.8 Å². The maximum Gasteiger partial charge on any atom is 0.416 e. The van der Waals surface area contributed by atoms with E-state index in [-0.39, 0.29) is 0 Å². The fraction of sp³-hybridized carbons (Fsp3) is 0.308. The van der Waals surface area contributed by atoms with Crippen molar-refractivity contribution in [1.29, 1.82) is 0 Å². The van der Waals surface area contributed by atoms with Gasteiger partial charge in [-0.2, -0.15) is 13.2 Å². The third kappa shape index (κ3) is 4.24. The van der Waals surface area contributed by atoms with E-state index in [0.29, 0.717) is 23.7 Å². The molecule has 168 valence electrons. The molecule has 0 radical (unpaired) electrons. The lowest BCUT2D eigenvalue weighted by molar-refractivity contribution is -0.200. The van der Waals surface area contributed by atoms with Crippen molar-refractivity contribution in [3.63, 3.8) is 0 Å². The van der Waals surface area contributed by atoms with Crippen LogP contribution in [0.15, 0.2) is 66.7 Å². The van der Waals surface area contributed by atoms with Gasteiger partial charge in [-0.3, -0.25) is 0 Å². The molecule has 0 fully saturated rings. The van der Waals surface area contributed by atoms with Crippen LogP contribution in [0.3, 0.4) is 0 Å². The Hall–Kier alpha value is -2.50. The molecule has 3 aromatic carbocycles. The van der Waals surface area contributed by atoms with Crippen molar-refractivity contribution in [2.24, 2.45) is 0 Å². The molecule has 1 N–H and O–H groups in total. The van der Waals surface area contributed by atoms with E-state index < -0.39 is 24.2 Å². The number of alkyl halides is 3. The van der Waals surface area contributed by atoms with E-state index in [1.165, 1.54) is 0 Å². The van der Waals surface area contributed by atoms with Gasteiger partial charge in [0.05, 0.1) is 6.54 Å². The van der Waals surface area contributed by atoms with Gasteiger partial charge in [0.2, 0.25) is 0 Å². The Morgan fingerprint density at radius 3 is 2.47 bits per heavy atom. The largest absolute Gasteiger partial charge is 0.416 e. The highest BCUT2D eigenvalue weighted by Gasteiger charge is 2.47. The molecule has 1 unspecified atom stereocenters. The molecule has 1 aliphatic rings. The molecule has 1 heterocycles. The second-order valence-electron chi connectivity index (χ2n) is 8.67. The van der Waals surface area contributed by atoms with E-state index >= 15 is 0 Å². The molecule has 32 heavy (non-hydrogen) atoms. The van der Waals surface area contributed by atoms with Crippen LogP contribution in [0.25, 0.3) is 0 Å². The van der Waals surface area contributed by atoms with Crippen molar-refractivity contribution in [3.8, 4) is 0 Å². The number of β-amino-alcohol motifs (C(OH)–C–C–N with tert-alkyl or cyclic N) is 1. The fourth-order valence-electron chi connectivity index (χ4n) is 4.69. The van der Waals surface area contributed by atoms with Crippen LogP contribution in [0.5, 0.6) is 0 Å². The normalized spacial score (nSPS) is 19.2. The van der Waals surface area contributed by atoms with Gasteiger partial charge in [-0.15, -0.1) is 0 Å². The number of halogens is 4. The zero-order chi connectivity index (χ0) is 23.1. The summed E-state index contributed by atoms with van der Waals surface area (Å²) in [4.78, 5) is 1.65. The standard InChI is InChI=1S/C26H25ClF3NO/c1-17-6-5-7-19(12-17)14-25(20-11-10-18(2)22(27)13-20)16-31(15-24(32)26(28,29)30)23-9-4-3-8-21(23)25/h3-13,24,32H,14-16H2,1-2H3/t24-,25?/m1/s1. The monoisotopic (exact) mass is 459 g/mol. The molecule has 0 bridgehead atoms. The zero-order valence-electron chi connectivity index (χ0n) is 18.0. The molecule has 0 saturated heterocycles. The minimum absolute atomic E-state index is 0.312. The Morgan fingerprint density at radius 2 is 1.78 bits per heavy atom. The number of benzene rings is 3. The van der Waals surface area contributed by atoms with E-state index in [4.69, 9.17) is 11.6 Å². The molecule has 0 spiro atoms. The summed E-state index contributed by atoms with van der Waals surface area (Å²) in [6.07, 6.45) is -6.50. The lowest BCUT2D eigenvalue weighted by Gasteiger charge is -2.33. The second-order valence-corrected chi connectivity index (χ2v) is 9.07. The average molecular weight is 460 g/mol. The van der Waals surface area contributed by atoms with Gasteiger partial charge in [-0.25, -0.2) is 0 Å². The molecule has 0 aliphatic carbocycles. The van der Waals surface area contributed by atoms with Crippen molar-refractivity contribution in [2.45, 2.75) is 38.0 Å². The summed E-state index contributed by atoms with van der Waals surface area (Å²) in [7, 11) is 0. The maximum atomic E-state index is 13.2. The van der Waals surface area contributed by atoms with Crippen LogP contribution < -0.4 is 4.90 Å². The Morgan fingerprint density at radius 1 is 1.03 bits per heavy atom. The van der Waals surface area contributed by atoms with Crippen molar-refractivity contribution >= 4 is 17.3 Å². The highest BCUT2D eigenvalue weighted by molar-refractivity contribution is 6.31. The van der Waals surface area contributed by atoms with Crippen LogP contribution in [0.2, 0.25) is 5.02 Å². The van der Waals surface area contributed by atoms with Crippen LogP contribution in [-0.2, 0) is 11.8 Å². The number of hydrogen-bond donors (Lipinski definition) is 1. The zero-order valence-corrected chi connectivity index (χ0v) is 18.7. The topological polar surface area (TPSA) is 23.5 Å². The number of anilines is 1. The first-order valence-electron chi connectivity index (χ1n) is 10.5. The van der Waals surface area contributed by atoms with Crippen molar-refractivity contribution in [1.82, 2.24) is 0 Å². The third-order valence-corrected chi connectivity index (χ3v) is 6.71. The summed E-state index contributed by atoms with van der Waals surface area (Å²) in [6, 6.07) is 21.6. The minimum atomic E-state index is -4.68. The predicted octanol–water partition coefficient (Wildman–Crippen LogP) is 6.23. The first-order chi connectivity index (χ1) is 15.1. The average Bonchev–Trinajstić information content (AvgIpc) is 3.04. The van der Waals surface area contributed by atoms with Crippen molar-refractivity contribution in [2.75, 3.05) is 18.0 Å². The Bertz CT molecular complexity index is 1130. The van der Waals surface area contributed by atoms with E-state index in [1.807, 2.05) is 74.5 Å². The van der Waals surface area contributed by atoms with Gasteiger partial charge < -0.3 is 10.0 Å². The minimum Gasteiger partial charge on any atom is -0.382 e. The fourth-order valence-corrected chi connectivity index (χ4v) is 4.87. The quantitative estimate of drug-likeness (QED) is 0.489. The van der Waals surface area contributed by atoms with Crippen LogP contribution >= 0.6 is 11.6 Å². The van der Waals surface area contributed by atoms with Gasteiger partial charge in [0.1, 0.15) is 0 Å². The molecule has 0 amide bonds. The molecule has 0 saturated carbocycles. The van der Waals surface area contributed by atoms with Gasteiger partial charge in [-0.05, 0) is 54.7 Å². The van der Waals surface area contributed by atoms with Gasteiger partial charge in [-0.1, -0.05) is 71.8 Å². The summed E-state index contributed by atoms with van der Waals surface area (Å²) in [5.74, 6) is 0. The van der Waals surface area contributed by atoms with Gasteiger partial charge in [0, 0.05) is 22.7 Å². The van der Waals surface area contributed by atoms with Crippen LogP contribution in [0.4, 0.5) is 18.9 Å². The Labute approximate surface area is 191 Å². The number of para-hydroxylation sites is 1. The number of hydrogen-bond acceptors (Lipinski definition) is 2. The summed E-state index contributed by atoms with van der Waals surface area (Å²) < 4.78 is 39.6. The van der Waals surface area contributed by atoms with Crippen molar-refractivity contribution in [3.05, 3.63) is 99.6 Å². The summed E-state index contributed by atoms with van der Waals surface area (Å²) in [5.41, 5.74) is 5.15. The van der Waals surface area contributed by atoms with Crippen LogP contribution in [-0.4, -0.2) is 30.5 Å². The SMILES string of the molecule is Cc1cccc(CC2(c3ccc(C)c(Cl)c3)CN(C[C@@H](O)C(F)(F)F)c3ccccc32)c1. The molecule has 2 atom stereocenters. The first-order valence-corrected chi connectivity index (χ1v) is 10.9. The lowest BCUT2D eigenvalue weighted by Crippen LogP contribution is -2.44. The Kier molecular flexibility index (Phi) is 5.99. The molecule has 3 aromatic rings. The number of aryl methyl sites for hydroxylation is 2. The number of aliphatic hydroxyl groups excluding tert-OH is 1. The third-order valence-electron chi connectivity index (χ3n) is 6.31. The van der Waals surface area contributed by atoms with E-state index in [1.54, 1.807) is 4.90 Å². The highest BCUT2D eigenvalue weighted by atomic mass is 35.5. The van der Waals surface area contributed by atoms with E-state index in [2.05, 4.69) is 6.07 Å². The molecule has 4 rings (SSSR count). The number of fused-ring (bicyclic) bond motifs is 1.